The number of halogens is 2. The van der Waals surface area contributed by atoms with Gasteiger partial charge in [-0.25, -0.2) is 5.01 Å². The molecule has 0 unspecified atom stereocenters. The zero-order valence-electron chi connectivity index (χ0n) is 13.6. The normalized spacial score (nSPS) is 21.0. The lowest BCUT2D eigenvalue weighted by Gasteiger charge is -2.37. The fourth-order valence-electron chi connectivity index (χ4n) is 3.49. The molecule has 3 aromatic rings. The Morgan fingerprint density at radius 2 is 1.85 bits per heavy atom. The van der Waals surface area contributed by atoms with Gasteiger partial charge >= 0.3 is 0 Å². The van der Waals surface area contributed by atoms with Crippen LogP contribution < -0.4 is 4.74 Å². The van der Waals surface area contributed by atoms with Gasteiger partial charge in [-0.1, -0.05) is 41.4 Å². The third kappa shape index (κ3) is 2.69. The highest BCUT2D eigenvalue weighted by Gasteiger charge is 2.41. The fraction of sp³-hybridized carbons (Fsp3) is 0.150. The van der Waals surface area contributed by atoms with Crippen molar-refractivity contribution in [1.29, 1.82) is 0 Å². The van der Waals surface area contributed by atoms with Gasteiger partial charge in [0, 0.05) is 22.0 Å². The minimum atomic E-state index is -0.224. The lowest BCUT2D eigenvalue weighted by Crippen LogP contribution is -2.33. The first kappa shape index (κ1) is 16.2. The maximum absolute atomic E-state index is 6.30. The largest absolute Gasteiger partial charge is 0.464 e. The maximum atomic E-state index is 6.30. The molecule has 130 valence electrons. The summed E-state index contributed by atoms with van der Waals surface area (Å²) >= 11 is 14.0. The van der Waals surface area contributed by atoms with Crippen LogP contribution in [-0.4, -0.2) is 10.7 Å². The van der Waals surface area contributed by atoms with E-state index in [1.807, 2.05) is 48.5 Å². The molecule has 0 N–H and O–H groups in total. The quantitative estimate of drug-likeness (QED) is 0.504. The molecule has 2 aliphatic rings. The van der Waals surface area contributed by atoms with Crippen molar-refractivity contribution in [2.24, 2.45) is 5.10 Å². The van der Waals surface area contributed by atoms with Gasteiger partial charge in [0.05, 0.1) is 16.6 Å². The molecule has 0 amide bonds. The molecule has 3 nitrogen and oxygen atoms in total. The van der Waals surface area contributed by atoms with E-state index in [2.05, 4.69) is 16.5 Å². The number of nitrogens with zero attached hydrogens (tertiary/aromatic N) is 2. The second-order valence-corrected chi connectivity index (χ2v) is 8.17. The van der Waals surface area contributed by atoms with Crippen LogP contribution >= 0.6 is 34.5 Å². The van der Waals surface area contributed by atoms with Crippen LogP contribution in [0.15, 0.2) is 65.1 Å². The predicted molar refractivity (Wildman–Crippen MR) is 106 cm³/mol. The average Bonchev–Trinajstić information content (AvgIpc) is 3.32. The fourth-order valence-corrected chi connectivity index (χ4v) is 4.54. The molecule has 6 heteroatoms. The Labute approximate surface area is 165 Å². The van der Waals surface area contributed by atoms with Crippen LogP contribution in [0.1, 0.15) is 34.7 Å². The number of ether oxygens (including phenoxy) is 1. The first-order valence-corrected chi connectivity index (χ1v) is 9.94. The van der Waals surface area contributed by atoms with E-state index in [4.69, 9.17) is 33.0 Å². The van der Waals surface area contributed by atoms with Crippen molar-refractivity contribution in [2.75, 3.05) is 0 Å². The van der Waals surface area contributed by atoms with Crippen molar-refractivity contribution >= 4 is 40.3 Å². The Kier molecular flexibility index (Phi) is 3.92. The first-order valence-electron chi connectivity index (χ1n) is 8.30. The summed E-state index contributed by atoms with van der Waals surface area (Å²) in [6.07, 6.45) is 0.582. The minimum Gasteiger partial charge on any atom is -0.464 e. The smallest absolute Gasteiger partial charge is 0.222 e. The molecule has 0 saturated heterocycles. The number of hydrazone groups is 1. The van der Waals surface area contributed by atoms with E-state index in [9.17, 15) is 0 Å². The van der Waals surface area contributed by atoms with E-state index in [1.165, 1.54) is 0 Å². The van der Waals surface area contributed by atoms with E-state index in [0.29, 0.717) is 5.02 Å². The van der Waals surface area contributed by atoms with E-state index >= 15 is 0 Å². The second kappa shape index (κ2) is 6.31. The monoisotopic (exact) mass is 400 g/mol. The van der Waals surface area contributed by atoms with Crippen LogP contribution in [-0.2, 0) is 0 Å². The Morgan fingerprint density at radius 1 is 1.04 bits per heavy atom. The van der Waals surface area contributed by atoms with Crippen molar-refractivity contribution in [3.05, 3.63) is 86.0 Å². The Morgan fingerprint density at radius 3 is 2.62 bits per heavy atom. The van der Waals surface area contributed by atoms with Gasteiger partial charge < -0.3 is 4.74 Å². The summed E-state index contributed by atoms with van der Waals surface area (Å²) in [6.45, 7) is 0. The molecule has 3 heterocycles. The number of benzene rings is 2. The Bertz CT molecular complexity index is 986. The number of rotatable bonds is 2. The maximum Gasteiger partial charge on any atom is 0.222 e. The molecule has 0 aliphatic carbocycles. The van der Waals surface area contributed by atoms with E-state index in [1.54, 1.807) is 11.3 Å². The highest BCUT2D eigenvalue weighted by Crippen LogP contribution is 2.48. The molecule has 0 fully saturated rings. The van der Waals surface area contributed by atoms with Gasteiger partial charge in [0.25, 0.3) is 0 Å². The van der Waals surface area contributed by atoms with Crippen LogP contribution in [0.3, 0.4) is 0 Å². The first-order chi connectivity index (χ1) is 12.7. The van der Waals surface area contributed by atoms with Gasteiger partial charge in [0.15, 0.2) is 0 Å². The summed E-state index contributed by atoms with van der Waals surface area (Å²) in [7, 11) is 0. The lowest BCUT2D eigenvalue weighted by atomic mass is 9.96. The standard InChI is InChI=1S/C20H14Cl2N2OS/c21-13-5-3-12(4-6-13)16-11-17-15-10-14(22)7-8-18(15)25-20(24(17)23-16)19-2-1-9-26-19/h1-10,17,20H,11H2/t17-,20+/m1/s1. The molecule has 2 aliphatic heterocycles. The van der Waals surface area contributed by atoms with E-state index in [-0.39, 0.29) is 12.3 Å². The molecular formula is C20H14Cl2N2OS. The number of thiophene rings is 1. The summed E-state index contributed by atoms with van der Waals surface area (Å²) in [6, 6.07) is 17.9. The molecule has 0 spiro atoms. The average molecular weight is 401 g/mol. The molecule has 5 rings (SSSR count). The van der Waals surface area contributed by atoms with Crippen molar-refractivity contribution in [3.63, 3.8) is 0 Å². The predicted octanol–water partition coefficient (Wildman–Crippen LogP) is 6.30. The van der Waals surface area contributed by atoms with Crippen LogP contribution in [0.4, 0.5) is 0 Å². The van der Waals surface area contributed by atoms with Crippen LogP contribution in [0.2, 0.25) is 10.0 Å². The van der Waals surface area contributed by atoms with Gasteiger partial charge in [-0.2, -0.15) is 5.10 Å². The third-order valence-corrected chi connectivity index (χ3v) is 6.11. The van der Waals surface area contributed by atoms with Crippen LogP contribution in [0.25, 0.3) is 0 Å². The number of fused-ring (bicyclic) bond motifs is 3. The Hall–Kier alpha value is -2.01. The molecule has 0 saturated carbocycles. The third-order valence-electron chi connectivity index (χ3n) is 4.72. The molecule has 0 radical (unpaired) electrons. The molecule has 1 aromatic heterocycles. The molecule has 26 heavy (non-hydrogen) atoms. The number of hydrogen-bond acceptors (Lipinski definition) is 4. The highest BCUT2D eigenvalue weighted by atomic mass is 35.5. The zero-order chi connectivity index (χ0) is 17.7. The zero-order valence-corrected chi connectivity index (χ0v) is 15.9. The van der Waals surface area contributed by atoms with Crippen molar-refractivity contribution in [1.82, 2.24) is 5.01 Å². The van der Waals surface area contributed by atoms with Crippen LogP contribution in [0, 0.1) is 0 Å². The highest BCUT2D eigenvalue weighted by molar-refractivity contribution is 7.10. The minimum absolute atomic E-state index is 0.107. The van der Waals surface area contributed by atoms with E-state index in [0.717, 1.165) is 38.9 Å². The lowest BCUT2D eigenvalue weighted by molar-refractivity contribution is -0.0165. The van der Waals surface area contributed by atoms with Crippen molar-refractivity contribution in [3.8, 4) is 5.75 Å². The van der Waals surface area contributed by atoms with Gasteiger partial charge in [-0.15, -0.1) is 11.3 Å². The van der Waals surface area contributed by atoms with Crippen LogP contribution in [0.5, 0.6) is 5.75 Å². The Balaban J connectivity index is 1.60. The van der Waals surface area contributed by atoms with Crippen molar-refractivity contribution < 1.29 is 4.74 Å². The molecular weight excluding hydrogens is 387 g/mol. The van der Waals surface area contributed by atoms with Crippen molar-refractivity contribution in [2.45, 2.75) is 18.7 Å². The van der Waals surface area contributed by atoms with Gasteiger partial charge in [-0.3, -0.25) is 0 Å². The van der Waals surface area contributed by atoms with Gasteiger partial charge in [-0.05, 0) is 47.3 Å². The molecule has 0 bridgehead atoms. The summed E-state index contributed by atoms with van der Waals surface area (Å²) in [5, 5.41) is 10.5. The summed E-state index contributed by atoms with van der Waals surface area (Å²) in [5.41, 5.74) is 3.19. The second-order valence-electron chi connectivity index (χ2n) is 6.32. The molecule has 2 aromatic carbocycles. The van der Waals surface area contributed by atoms with E-state index < -0.39 is 0 Å². The van der Waals surface area contributed by atoms with Gasteiger partial charge in [0.1, 0.15) is 5.75 Å². The summed E-state index contributed by atoms with van der Waals surface area (Å²) in [5.74, 6) is 0.876. The van der Waals surface area contributed by atoms with Gasteiger partial charge in [0.2, 0.25) is 6.23 Å². The summed E-state index contributed by atoms with van der Waals surface area (Å²) < 4.78 is 6.30. The summed E-state index contributed by atoms with van der Waals surface area (Å²) in [4.78, 5) is 1.14. The molecule has 2 atom stereocenters. The number of hydrogen-bond donors (Lipinski definition) is 0. The SMILES string of the molecule is Clc1ccc(C2=NN3[C@H](C2)c2cc(Cl)ccc2O[C@H]3c2cccs2)cc1. The topological polar surface area (TPSA) is 24.8 Å².